The number of hydrogen-bond donors (Lipinski definition) is 2. The monoisotopic (exact) mass is 292 g/mol. The van der Waals surface area contributed by atoms with E-state index in [-0.39, 0.29) is 0 Å². The number of hydrogen-bond acceptors (Lipinski definition) is 8. The van der Waals surface area contributed by atoms with Crippen molar-refractivity contribution in [3.05, 3.63) is 17.5 Å². The van der Waals surface area contributed by atoms with E-state index in [1.54, 1.807) is 0 Å². The van der Waals surface area contributed by atoms with Crippen LogP contribution in [0, 0.1) is 6.92 Å². The summed E-state index contributed by atoms with van der Waals surface area (Å²) in [6, 6.07) is 2.15. The molecule has 0 atom stereocenters. The Kier molecular flexibility index (Phi) is 5.30. The van der Waals surface area contributed by atoms with Crippen LogP contribution in [0.15, 0.2) is 10.6 Å². The van der Waals surface area contributed by atoms with Crippen molar-refractivity contribution in [2.45, 2.75) is 33.7 Å². The Bertz CT molecular complexity index is 572. The van der Waals surface area contributed by atoms with E-state index in [1.165, 1.54) is 0 Å². The van der Waals surface area contributed by atoms with Crippen molar-refractivity contribution in [1.29, 1.82) is 0 Å². The van der Waals surface area contributed by atoms with Crippen LogP contribution in [-0.4, -0.2) is 33.3 Å². The Morgan fingerprint density at radius 1 is 1.14 bits per heavy atom. The van der Waals surface area contributed by atoms with Gasteiger partial charge in [-0.25, -0.2) is 0 Å². The molecule has 114 valence electrons. The second-order valence-corrected chi connectivity index (χ2v) is 4.41. The molecule has 0 bridgehead atoms. The summed E-state index contributed by atoms with van der Waals surface area (Å²) in [6.07, 6.45) is 0.983. The molecule has 0 fully saturated rings. The van der Waals surface area contributed by atoms with Crippen molar-refractivity contribution in [2.75, 3.05) is 23.8 Å². The zero-order chi connectivity index (χ0) is 15.1. The molecule has 0 aromatic carbocycles. The zero-order valence-electron chi connectivity index (χ0n) is 12.5. The normalized spacial score (nSPS) is 10.4. The number of nitrogens with zero attached hydrogens (tertiary/aromatic N) is 4. The molecule has 2 aromatic heterocycles. The van der Waals surface area contributed by atoms with Gasteiger partial charge in [0.1, 0.15) is 11.5 Å². The van der Waals surface area contributed by atoms with Crippen LogP contribution in [0.2, 0.25) is 0 Å². The minimum Gasteiger partial charge on any atom is -0.464 e. The third-order valence-corrected chi connectivity index (χ3v) is 2.53. The summed E-state index contributed by atoms with van der Waals surface area (Å²) in [6.45, 7) is 7.56. The molecule has 2 aromatic rings. The predicted molar refractivity (Wildman–Crippen MR) is 78.3 cm³/mol. The summed E-state index contributed by atoms with van der Waals surface area (Å²) in [5.74, 6) is 1.70. The molecule has 0 unspecified atom stereocenters. The lowest BCUT2D eigenvalue weighted by atomic mass is 10.4. The van der Waals surface area contributed by atoms with Gasteiger partial charge in [0.25, 0.3) is 0 Å². The largest absolute Gasteiger partial charge is 0.464 e. The van der Waals surface area contributed by atoms with Gasteiger partial charge >= 0.3 is 6.01 Å². The van der Waals surface area contributed by atoms with Gasteiger partial charge < -0.3 is 19.9 Å². The van der Waals surface area contributed by atoms with Gasteiger partial charge in [-0.2, -0.15) is 15.0 Å². The molecule has 21 heavy (non-hydrogen) atoms. The summed E-state index contributed by atoms with van der Waals surface area (Å²) >= 11 is 0. The first-order valence-electron chi connectivity index (χ1n) is 7.00. The van der Waals surface area contributed by atoms with E-state index in [1.807, 2.05) is 19.9 Å². The minimum absolute atomic E-state index is 0.296. The Hall–Kier alpha value is -2.38. The smallest absolute Gasteiger partial charge is 0.323 e. The zero-order valence-corrected chi connectivity index (χ0v) is 12.5. The van der Waals surface area contributed by atoms with Crippen molar-refractivity contribution in [2.24, 2.45) is 0 Å². The fourth-order valence-electron chi connectivity index (χ4n) is 1.62. The molecule has 8 heteroatoms. The van der Waals surface area contributed by atoms with Gasteiger partial charge in [0.05, 0.1) is 13.2 Å². The highest BCUT2D eigenvalue weighted by molar-refractivity contribution is 5.36. The van der Waals surface area contributed by atoms with E-state index in [0.29, 0.717) is 31.1 Å². The number of anilines is 2. The lowest BCUT2D eigenvalue weighted by Crippen LogP contribution is -2.11. The highest BCUT2D eigenvalue weighted by Crippen LogP contribution is 2.12. The van der Waals surface area contributed by atoms with E-state index in [0.717, 1.165) is 24.4 Å². The van der Waals surface area contributed by atoms with Crippen LogP contribution in [0.5, 0.6) is 6.01 Å². The molecule has 2 rings (SSSR count). The Labute approximate surface area is 123 Å². The van der Waals surface area contributed by atoms with E-state index in [4.69, 9.17) is 9.26 Å². The van der Waals surface area contributed by atoms with Gasteiger partial charge in [0.15, 0.2) is 0 Å². The lowest BCUT2D eigenvalue weighted by Gasteiger charge is -2.09. The number of rotatable bonds is 8. The first kappa shape index (κ1) is 15.0. The Morgan fingerprint density at radius 2 is 1.90 bits per heavy atom. The van der Waals surface area contributed by atoms with Crippen LogP contribution in [0.1, 0.15) is 31.7 Å². The van der Waals surface area contributed by atoms with Crippen molar-refractivity contribution < 1.29 is 9.26 Å². The van der Waals surface area contributed by atoms with Gasteiger partial charge in [-0.05, 0) is 20.3 Å². The molecule has 0 radical (unpaired) electrons. The van der Waals surface area contributed by atoms with E-state index in [9.17, 15) is 0 Å². The number of aryl methyl sites for hydroxylation is 1. The van der Waals surface area contributed by atoms with Crippen LogP contribution in [0.25, 0.3) is 0 Å². The quantitative estimate of drug-likeness (QED) is 0.762. The van der Waals surface area contributed by atoms with Gasteiger partial charge in [-0.3, -0.25) is 0 Å². The first-order valence-corrected chi connectivity index (χ1v) is 7.00. The molecule has 0 spiro atoms. The second-order valence-electron chi connectivity index (χ2n) is 4.41. The predicted octanol–water partition coefficient (Wildman–Crippen LogP) is 2.00. The van der Waals surface area contributed by atoms with Crippen LogP contribution >= 0.6 is 0 Å². The van der Waals surface area contributed by atoms with Crippen LogP contribution in [-0.2, 0) is 6.54 Å². The Morgan fingerprint density at radius 3 is 2.52 bits per heavy atom. The molecule has 2 N–H and O–H groups in total. The van der Waals surface area contributed by atoms with E-state index < -0.39 is 0 Å². The molecular weight excluding hydrogens is 272 g/mol. The van der Waals surface area contributed by atoms with Gasteiger partial charge in [0.2, 0.25) is 11.9 Å². The summed E-state index contributed by atoms with van der Waals surface area (Å²) in [4.78, 5) is 12.7. The molecule has 0 saturated heterocycles. The number of nitrogens with one attached hydrogen (secondary N) is 2. The maximum atomic E-state index is 5.35. The average molecular weight is 292 g/mol. The highest BCUT2D eigenvalue weighted by Gasteiger charge is 2.08. The van der Waals surface area contributed by atoms with Crippen molar-refractivity contribution in [3.8, 4) is 6.01 Å². The van der Waals surface area contributed by atoms with Gasteiger partial charge in [0, 0.05) is 12.6 Å². The standard InChI is InChI=1S/C13H20N6O2/c1-4-6-14-11-16-12(18-13(17-11)20-5-2)15-8-10-7-9(3)21-19-10/h7H,4-6,8H2,1-3H3,(H2,14,15,16,17,18). The van der Waals surface area contributed by atoms with E-state index >= 15 is 0 Å². The number of aromatic nitrogens is 4. The summed E-state index contributed by atoms with van der Waals surface area (Å²) in [7, 11) is 0. The molecule has 0 aliphatic carbocycles. The van der Waals surface area contributed by atoms with Crippen molar-refractivity contribution >= 4 is 11.9 Å². The molecule has 0 aliphatic heterocycles. The summed E-state index contributed by atoms with van der Waals surface area (Å²) in [5, 5.41) is 10.1. The maximum Gasteiger partial charge on any atom is 0.323 e. The van der Waals surface area contributed by atoms with Crippen LogP contribution in [0.3, 0.4) is 0 Å². The van der Waals surface area contributed by atoms with Gasteiger partial charge in [-0.15, -0.1) is 0 Å². The summed E-state index contributed by atoms with van der Waals surface area (Å²) in [5.41, 5.74) is 0.786. The maximum absolute atomic E-state index is 5.35. The second kappa shape index (κ2) is 7.41. The highest BCUT2D eigenvalue weighted by atomic mass is 16.5. The topological polar surface area (TPSA) is 98.0 Å². The van der Waals surface area contributed by atoms with Gasteiger partial charge in [-0.1, -0.05) is 12.1 Å². The molecule has 2 heterocycles. The van der Waals surface area contributed by atoms with Crippen molar-refractivity contribution in [3.63, 3.8) is 0 Å². The summed E-state index contributed by atoms with van der Waals surface area (Å²) < 4.78 is 10.4. The molecule has 0 amide bonds. The Balaban J connectivity index is 2.07. The molecule has 0 aliphatic rings. The third kappa shape index (κ3) is 4.59. The SMILES string of the molecule is CCCNc1nc(NCc2cc(C)on2)nc(OCC)n1. The van der Waals surface area contributed by atoms with Crippen LogP contribution in [0.4, 0.5) is 11.9 Å². The number of ether oxygens (including phenoxy) is 1. The minimum atomic E-state index is 0.296. The average Bonchev–Trinajstić information content (AvgIpc) is 2.89. The lowest BCUT2D eigenvalue weighted by molar-refractivity contribution is 0.312. The first-order chi connectivity index (χ1) is 10.2. The van der Waals surface area contributed by atoms with Crippen molar-refractivity contribution in [1.82, 2.24) is 20.1 Å². The van der Waals surface area contributed by atoms with E-state index in [2.05, 4.69) is 37.7 Å². The fraction of sp³-hybridized carbons (Fsp3) is 0.538. The molecular formula is C13H20N6O2. The third-order valence-electron chi connectivity index (χ3n) is 2.53. The fourth-order valence-corrected chi connectivity index (χ4v) is 1.62. The van der Waals surface area contributed by atoms with Crippen LogP contribution < -0.4 is 15.4 Å². The molecule has 0 saturated carbocycles. The molecule has 8 nitrogen and oxygen atoms in total.